The van der Waals surface area contributed by atoms with Crippen molar-refractivity contribution in [3.8, 4) is 11.5 Å². The molecule has 1 aliphatic heterocycles. The van der Waals surface area contributed by atoms with Crippen LogP contribution in [0.5, 0.6) is 11.5 Å². The monoisotopic (exact) mass is 462 g/mol. The standard InChI is InChI=1S/C24H26N6O4/c31-24-17(10-16-11-21-22(12-20(16)25-24)34-9-8-33-21)13-29(14-19-6-3-7-32-19)15-23-26-27-28-30(23)18-4-1-2-5-18/h3,6-7,10-12,18H,1-2,4-5,8-9,13-15H2,(H,25,31). The first-order valence-corrected chi connectivity index (χ1v) is 11.7. The maximum absolute atomic E-state index is 13.0. The van der Waals surface area contributed by atoms with Crippen molar-refractivity contribution in [1.29, 1.82) is 0 Å². The number of hydrogen-bond acceptors (Lipinski definition) is 8. The topological polar surface area (TPSA) is 111 Å². The van der Waals surface area contributed by atoms with Crippen LogP contribution in [0.4, 0.5) is 0 Å². The second-order valence-corrected chi connectivity index (χ2v) is 8.91. The van der Waals surface area contributed by atoms with E-state index in [4.69, 9.17) is 13.9 Å². The Hall–Kier alpha value is -3.66. The third kappa shape index (κ3) is 4.16. The number of H-pyrrole nitrogens is 1. The number of pyridine rings is 1. The number of tetrazole rings is 1. The molecule has 0 saturated heterocycles. The van der Waals surface area contributed by atoms with Crippen LogP contribution in [0, 0.1) is 0 Å². The number of furan rings is 1. The summed E-state index contributed by atoms with van der Waals surface area (Å²) >= 11 is 0. The molecule has 0 atom stereocenters. The highest BCUT2D eigenvalue weighted by atomic mass is 16.6. The van der Waals surface area contributed by atoms with Crippen molar-refractivity contribution in [2.45, 2.75) is 51.4 Å². The van der Waals surface area contributed by atoms with Gasteiger partial charge < -0.3 is 18.9 Å². The predicted molar refractivity (Wildman–Crippen MR) is 123 cm³/mol. The minimum Gasteiger partial charge on any atom is -0.486 e. The van der Waals surface area contributed by atoms with Crippen molar-refractivity contribution in [2.75, 3.05) is 13.2 Å². The molecular weight excluding hydrogens is 436 g/mol. The molecule has 0 spiro atoms. The molecule has 0 amide bonds. The highest BCUT2D eigenvalue weighted by molar-refractivity contribution is 5.83. The molecule has 4 heterocycles. The molecule has 0 unspecified atom stereocenters. The number of aromatic nitrogens is 5. The molecule has 1 aromatic carbocycles. The maximum Gasteiger partial charge on any atom is 0.252 e. The van der Waals surface area contributed by atoms with Gasteiger partial charge in [-0.05, 0) is 47.5 Å². The lowest BCUT2D eigenvalue weighted by atomic mass is 10.1. The molecule has 1 saturated carbocycles. The van der Waals surface area contributed by atoms with Gasteiger partial charge >= 0.3 is 0 Å². The molecule has 1 aliphatic carbocycles. The van der Waals surface area contributed by atoms with E-state index in [1.165, 1.54) is 12.8 Å². The Morgan fingerprint density at radius 1 is 1.06 bits per heavy atom. The maximum atomic E-state index is 13.0. The van der Waals surface area contributed by atoms with Crippen molar-refractivity contribution in [1.82, 2.24) is 30.1 Å². The fourth-order valence-corrected chi connectivity index (χ4v) is 4.89. The van der Waals surface area contributed by atoms with Gasteiger partial charge in [-0.25, -0.2) is 4.68 Å². The summed E-state index contributed by atoms with van der Waals surface area (Å²) in [7, 11) is 0. The largest absolute Gasteiger partial charge is 0.486 e. The molecule has 3 aromatic heterocycles. The van der Waals surface area contributed by atoms with Crippen LogP contribution < -0.4 is 15.0 Å². The SMILES string of the molecule is O=c1[nH]c2cc3c(cc2cc1CN(Cc1ccco1)Cc1nnnn1C1CCCC1)OCCO3. The lowest BCUT2D eigenvalue weighted by Crippen LogP contribution is -2.28. The van der Waals surface area contributed by atoms with Crippen LogP contribution >= 0.6 is 0 Å². The summed E-state index contributed by atoms with van der Waals surface area (Å²) in [5.74, 6) is 2.97. The summed E-state index contributed by atoms with van der Waals surface area (Å²) in [5.41, 5.74) is 1.24. The Balaban J connectivity index is 1.31. The van der Waals surface area contributed by atoms with E-state index in [0.717, 1.165) is 35.3 Å². The lowest BCUT2D eigenvalue weighted by molar-refractivity contribution is 0.172. The van der Waals surface area contributed by atoms with Crippen LogP contribution in [0.15, 0.2) is 45.8 Å². The van der Waals surface area contributed by atoms with Crippen LogP contribution in [0.1, 0.15) is 48.9 Å². The van der Waals surface area contributed by atoms with Crippen molar-refractivity contribution >= 4 is 10.9 Å². The third-order valence-electron chi connectivity index (χ3n) is 6.53. The number of fused-ring (bicyclic) bond motifs is 2. The molecule has 176 valence electrons. The number of nitrogens with one attached hydrogen (secondary N) is 1. The Bertz CT molecular complexity index is 1340. The zero-order valence-electron chi connectivity index (χ0n) is 18.8. The normalized spacial score (nSPS) is 16.0. The van der Waals surface area contributed by atoms with Crippen molar-refractivity contribution in [3.05, 3.63) is 64.1 Å². The molecule has 2 aliphatic rings. The smallest absolute Gasteiger partial charge is 0.252 e. The zero-order chi connectivity index (χ0) is 22.9. The second kappa shape index (κ2) is 8.94. The second-order valence-electron chi connectivity index (χ2n) is 8.91. The van der Waals surface area contributed by atoms with Crippen LogP contribution in [-0.4, -0.2) is 43.3 Å². The average Bonchev–Trinajstić information content (AvgIpc) is 3.61. The summed E-state index contributed by atoms with van der Waals surface area (Å²) < 4.78 is 18.9. The fourth-order valence-electron chi connectivity index (χ4n) is 4.89. The molecule has 10 heteroatoms. The quantitative estimate of drug-likeness (QED) is 0.446. The van der Waals surface area contributed by atoms with Crippen LogP contribution in [0.2, 0.25) is 0 Å². The number of nitrogens with zero attached hydrogens (tertiary/aromatic N) is 5. The van der Waals surface area contributed by atoms with E-state index >= 15 is 0 Å². The number of rotatable bonds is 7. The Labute approximate surface area is 195 Å². The molecule has 6 rings (SSSR count). The summed E-state index contributed by atoms with van der Waals surface area (Å²) in [6.07, 6.45) is 6.24. The van der Waals surface area contributed by atoms with E-state index in [2.05, 4.69) is 25.4 Å². The summed E-state index contributed by atoms with van der Waals surface area (Å²) in [5, 5.41) is 13.4. The highest BCUT2D eigenvalue weighted by Crippen LogP contribution is 2.34. The Morgan fingerprint density at radius 2 is 1.88 bits per heavy atom. The molecule has 4 aromatic rings. The summed E-state index contributed by atoms with van der Waals surface area (Å²) in [4.78, 5) is 18.1. The first-order valence-electron chi connectivity index (χ1n) is 11.7. The van der Waals surface area contributed by atoms with Crippen LogP contribution in [0.3, 0.4) is 0 Å². The van der Waals surface area contributed by atoms with Crippen LogP contribution in [-0.2, 0) is 19.6 Å². The minimum absolute atomic E-state index is 0.135. The molecule has 0 bridgehead atoms. The van der Waals surface area contributed by atoms with Gasteiger partial charge in [0.2, 0.25) is 0 Å². The van der Waals surface area contributed by atoms with Gasteiger partial charge in [-0.3, -0.25) is 9.69 Å². The van der Waals surface area contributed by atoms with Gasteiger partial charge in [-0.15, -0.1) is 5.10 Å². The Kier molecular flexibility index (Phi) is 5.50. The van der Waals surface area contributed by atoms with Gasteiger partial charge in [0.15, 0.2) is 17.3 Å². The summed E-state index contributed by atoms with van der Waals surface area (Å²) in [6, 6.07) is 9.80. The zero-order valence-corrected chi connectivity index (χ0v) is 18.8. The van der Waals surface area contributed by atoms with Gasteiger partial charge in [0.25, 0.3) is 5.56 Å². The van der Waals surface area contributed by atoms with Crippen molar-refractivity contribution in [3.63, 3.8) is 0 Å². The van der Waals surface area contributed by atoms with Gasteiger partial charge in [-0.1, -0.05) is 12.8 Å². The molecular formula is C24H26N6O4. The van der Waals surface area contributed by atoms with E-state index in [1.54, 1.807) is 6.26 Å². The first-order chi connectivity index (χ1) is 16.7. The van der Waals surface area contributed by atoms with Gasteiger partial charge in [0.05, 0.1) is 30.9 Å². The molecule has 0 radical (unpaired) electrons. The minimum atomic E-state index is -0.135. The van der Waals surface area contributed by atoms with E-state index in [0.29, 0.717) is 56.0 Å². The van der Waals surface area contributed by atoms with Gasteiger partial charge in [-0.2, -0.15) is 0 Å². The Morgan fingerprint density at radius 3 is 2.68 bits per heavy atom. The third-order valence-corrected chi connectivity index (χ3v) is 6.53. The first kappa shape index (κ1) is 20.9. The van der Waals surface area contributed by atoms with E-state index in [1.807, 2.05) is 35.0 Å². The molecule has 10 nitrogen and oxygen atoms in total. The van der Waals surface area contributed by atoms with Gasteiger partial charge in [0, 0.05) is 23.6 Å². The van der Waals surface area contributed by atoms with E-state index < -0.39 is 0 Å². The van der Waals surface area contributed by atoms with Crippen LogP contribution in [0.25, 0.3) is 10.9 Å². The fraction of sp³-hybridized carbons (Fsp3) is 0.417. The van der Waals surface area contributed by atoms with Gasteiger partial charge in [0.1, 0.15) is 19.0 Å². The summed E-state index contributed by atoms with van der Waals surface area (Å²) in [6.45, 7) is 2.47. The predicted octanol–water partition coefficient (Wildman–Crippen LogP) is 3.20. The van der Waals surface area contributed by atoms with E-state index in [-0.39, 0.29) is 5.56 Å². The number of benzene rings is 1. The number of ether oxygens (including phenoxy) is 2. The average molecular weight is 463 g/mol. The molecule has 34 heavy (non-hydrogen) atoms. The lowest BCUT2D eigenvalue weighted by Gasteiger charge is -2.22. The molecule has 1 fully saturated rings. The van der Waals surface area contributed by atoms with Crippen molar-refractivity contribution < 1.29 is 13.9 Å². The number of aromatic amines is 1. The van der Waals surface area contributed by atoms with E-state index in [9.17, 15) is 4.79 Å². The molecule has 1 N–H and O–H groups in total. The highest BCUT2D eigenvalue weighted by Gasteiger charge is 2.23. The number of hydrogen-bond donors (Lipinski definition) is 1. The van der Waals surface area contributed by atoms with Crippen molar-refractivity contribution in [2.24, 2.45) is 0 Å².